The minimum atomic E-state index is -0.213. The second-order valence-corrected chi connectivity index (χ2v) is 11.0. The van der Waals surface area contributed by atoms with E-state index in [1.54, 1.807) is 12.1 Å². The van der Waals surface area contributed by atoms with E-state index in [1.165, 1.54) is 13.3 Å². The molecular weight excluding hydrogens is 519 g/mol. The van der Waals surface area contributed by atoms with E-state index in [-0.39, 0.29) is 28.9 Å². The van der Waals surface area contributed by atoms with Crippen LogP contribution in [-0.4, -0.2) is 29.4 Å². The van der Waals surface area contributed by atoms with Gasteiger partial charge in [0.15, 0.2) is 11.5 Å². The number of hydrogen-bond acceptors (Lipinski definition) is 5. The van der Waals surface area contributed by atoms with Crippen LogP contribution in [0.4, 0.5) is 0 Å². The Kier molecular flexibility index (Phi) is 8.20. The van der Waals surface area contributed by atoms with Crippen LogP contribution in [0, 0.1) is 3.57 Å². The first-order valence-corrected chi connectivity index (χ1v) is 11.6. The lowest BCUT2D eigenvalue weighted by molar-refractivity contribution is -0.121. The first-order chi connectivity index (χ1) is 14.7. The lowest BCUT2D eigenvalue weighted by Crippen LogP contribution is -2.20. The summed E-state index contributed by atoms with van der Waals surface area (Å²) in [5, 5.41) is 24.8. The molecule has 6 nitrogen and oxygen atoms in total. The van der Waals surface area contributed by atoms with Crippen molar-refractivity contribution in [2.75, 3.05) is 7.11 Å². The molecule has 0 unspecified atom stereocenters. The zero-order chi connectivity index (χ0) is 24.3. The largest absolute Gasteiger partial charge is 0.507 e. The third-order valence-electron chi connectivity index (χ3n) is 5.10. The van der Waals surface area contributed by atoms with Crippen LogP contribution in [0.5, 0.6) is 17.2 Å². The van der Waals surface area contributed by atoms with Crippen LogP contribution in [0.25, 0.3) is 0 Å². The highest BCUT2D eigenvalue weighted by Crippen LogP contribution is 2.40. The fourth-order valence-corrected chi connectivity index (χ4v) is 3.92. The van der Waals surface area contributed by atoms with Crippen LogP contribution in [0.15, 0.2) is 29.4 Å². The van der Waals surface area contributed by atoms with Gasteiger partial charge in [0.05, 0.1) is 16.9 Å². The van der Waals surface area contributed by atoms with E-state index in [0.717, 1.165) is 16.7 Å². The maximum absolute atomic E-state index is 12.3. The number of rotatable bonds is 6. The van der Waals surface area contributed by atoms with E-state index in [9.17, 15) is 15.0 Å². The number of ether oxygens (including phenoxy) is 1. The summed E-state index contributed by atoms with van der Waals surface area (Å²) in [6, 6.07) is 7.37. The number of phenolic OH excluding ortho intramolecular Hbond substituents is 2. The molecule has 0 aromatic heterocycles. The zero-order valence-electron chi connectivity index (χ0n) is 19.8. The molecule has 0 aliphatic rings. The van der Waals surface area contributed by atoms with Crippen molar-refractivity contribution in [3.05, 3.63) is 50.1 Å². The van der Waals surface area contributed by atoms with E-state index < -0.39 is 0 Å². The van der Waals surface area contributed by atoms with E-state index in [4.69, 9.17) is 4.74 Å². The van der Waals surface area contributed by atoms with Crippen molar-refractivity contribution in [2.45, 2.75) is 65.2 Å². The van der Waals surface area contributed by atoms with Crippen molar-refractivity contribution >= 4 is 34.7 Å². The Morgan fingerprint density at radius 2 is 1.59 bits per heavy atom. The summed E-state index contributed by atoms with van der Waals surface area (Å²) in [5.74, 6) is 0.555. The number of hydrazone groups is 1. The molecule has 7 heteroatoms. The Balaban J connectivity index is 2.11. The molecule has 2 aromatic rings. The minimum absolute atomic E-state index is 0.0763. The Morgan fingerprint density at radius 1 is 1.03 bits per heavy atom. The number of aromatic hydroxyl groups is 2. The molecule has 1 amide bonds. The van der Waals surface area contributed by atoms with Crippen molar-refractivity contribution in [3.8, 4) is 17.2 Å². The predicted molar refractivity (Wildman–Crippen MR) is 137 cm³/mol. The predicted octanol–water partition coefficient (Wildman–Crippen LogP) is 5.39. The number of methoxy groups -OCH3 is 1. The number of nitrogens with zero attached hydrogens (tertiary/aromatic N) is 1. The molecule has 0 radical (unpaired) electrons. The van der Waals surface area contributed by atoms with E-state index in [2.05, 4.69) is 52.1 Å². The number of nitrogens with one attached hydrogen (secondary N) is 1. The standard InChI is InChI=1S/C25H33IN2O4/c1-24(2,3)17-10-15(11-18(22(17)30)25(4,5)6)8-9-21(29)28-27-14-16-12-19(26)23(31)20(13-16)32-7/h10-14,30-31H,8-9H2,1-7H3,(H,28,29)/b27-14-. The van der Waals surface area contributed by atoms with Gasteiger partial charge in [-0.2, -0.15) is 5.10 Å². The quantitative estimate of drug-likeness (QED) is 0.255. The summed E-state index contributed by atoms with van der Waals surface area (Å²) in [6.07, 6.45) is 2.32. The Bertz CT molecular complexity index is 983. The molecular formula is C25H33IN2O4. The van der Waals surface area contributed by atoms with Gasteiger partial charge in [0, 0.05) is 6.42 Å². The Labute approximate surface area is 204 Å². The molecule has 2 rings (SSSR count). The van der Waals surface area contributed by atoms with Crippen molar-refractivity contribution in [1.29, 1.82) is 0 Å². The van der Waals surface area contributed by atoms with Gasteiger partial charge in [0.1, 0.15) is 5.75 Å². The number of aryl methyl sites for hydroxylation is 1. The highest BCUT2D eigenvalue weighted by Gasteiger charge is 2.26. The van der Waals surface area contributed by atoms with Gasteiger partial charge in [-0.3, -0.25) is 4.79 Å². The van der Waals surface area contributed by atoms with Crippen molar-refractivity contribution < 1.29 is 19.7 Å². The Morgan fingerprint density at radius 3 is 2.09 bits per heavy atom. The SMILES string of the molecule is COc1cc(/C=N\NC(=O)CCc2cc(C(C)(C)C)c(O)c(C(C)(C)C)c2)cc(I)c1O. The van der Waals surface area contributed by atoms with Gasteiger partial charge in [-0.15, -0.1) is 0 Å². The van der Waals surface area contributed by atoms with Crippen LogP contribution >= 0.6 is 22.6 Å². The second kappa shape index (κ2) is 10.1. The summed E-state index contributed by atoms with van der Waals surface area (Å²) in [7, 11) is 1.48. The first-order valence-electron chi connectivity index (χ1n) is 10.5. The molecule has 32 heavy (non-hydrogen) atoms. The van der Waals surface area contributed by atoms with Gasteiger partial charge >= 0.3 is 0 Å². The summed E-state index contributed by atoms with van der Waals surface area (Å²) >= 11 is 2.01. The highest BCUT2D eigenvalue weighted by atomic mass is 127. The van der Waals surface area contributed by atoms with Gasteiger partial charge in [-0.05, 0) is 74.2 Å². The van der Waals surface area contributed by atoms with Crippen LogP contribution in [0.1, 0.15) is 70.2 Å². The lowest BCUT2D eigenvalue weighted by atomic mass is 9.78. The first kappa shape index (κ1) is 26.0. The van der Waals surface area contributed by atoms with Crippen molar-refractivity contribution in [2.24, 2.45) is 5.10 Å². The zero-order valence-corrected chi connectivity index (χ0v) is 22.0. The third kappa shape index (κ3) is 6.60. The Hall–Kier alpha value is -2.29. The molecule has 0 bridgehead atoms. The fourth-order valence-electron chi connectivity index (χ4n) is 3.30. The van der Waals surface area contributed by atoms with E-state index >= 15 is 0 Å². The molecule has 0 saturated heterocycles. The lowest BCUT2D eigenvalue weighted by Gasteiger charge is -2.28. The van der Waals surface area contributed by atoms with Gasteiger partial charge in [-0.1, -0.05) is 53.7 Å². The monoisotopic (exact) mass is 552 g/mol. The average molecular weight is 552 g/mol. The number of benzene rings is 2. The average Bonchev–Trinajstić information content (AvgIpc) is 2.67. The van der Waals surface area contributed by atoms with Crippen molar-refractivity contribution in [1.82, 2.24) is 5.43 Å². The van der Waals surface area contributed by atoms with Crippen LogP contribution in [0.2, 0.25) is 0 Å². The molecule has 0 saturated carbocycles. The van der Waals surface area contributed by atoms with Gasteiger partial charge in [-0.25, -0.2) is 5.43 Å². The topological polar surface area (TPSA) is 91.2 Å². The molecule has 2 aromatic carbocycles. The molecule has 174 valence electrons. The van der Waals surface area contributed by atoms with Crippen LogP contribution in [0.3, 0.4) is 0 Å². The molecule has 3 N–H and O–H groups in total. The number of carbonyl (C=O) groups is 1. The number of phenols is 2. The second-order valence-electron chi connectivity index (χ2n) is 9.89. The maximum Gasteiger partial charge on any atom is 0.240 e. The van der Waals surface area contributed by atoms with Crippen LogP contribution < -0.4 is 10.2 Å². The molecule has 0 aliphatic heterocycles. The summed E-state index contributed by atoms with van der Waals surface area (Å²) < 4.78 is 5.77. The minimum Gasteiger partial charge on any atom is -0.507 e. The molecule has 0 fully saturated rings. The number of carbonyl (C=O) groups excluding carboxylic acids is 1. The summed E-state index contributed by atoms with van der Waals surface area (Å²) in [6.45, 7) is 12.4. The van der Waals surface area contributed by atoms with E-state index in [1.807, 2.05) is 34.7 Å². The van der Waals surface area contributed by atoms with Gasteiger partial charge < -0.3 is 14.9 Å². The number of amides is 1. The summed E-state index contributed by atoms with van der Waals surface area (Å²) in [4.78, 5) is 12.3. The van der Waals surface area contributed by atoms with Crippen LogP contribution in [-0.2, 0) is 22.0 Å². The number of halogens is 1. The number of hydrogen-bond donors (Lipinski definition) is 3. The van der Waals surface area contributed by atoms with Crippen molar-refractivity contribution in [3.63, 3.8) is 0 Å². The molecule has 0 spiro atoms. The smallest absolute Gasteiger partial charge is 0.240 e. The fraction of sp³-hybridized carbons (Fsp3) is 0.440. The normalized spacial score (nSPS) is 12.2. The molecule has 0 atom stereocenters. The van der Waals surface area contributed by atoms with Gasteiger partial charge in [0.2, 0.25) is 5.91 Å². The molecule has 0 aliphatic carbocycles. The highest BCUT2D eigenvalue weighted by molar-refractivity contribution is 14.1. The third-order valence-corrected chi connectivity index (χ3v) is 5.92. The van der Waals surface area contributed by atoms with E-state index in [0.29, 0.717) is 27.1 Å². The maximum atomic E-state index is 12.3. The molecule has 0 heterocycles. The van der Waals surface area contributed by atoms with Gasteiger partial charge in [0.25, 0.3) is 0 Å². The summed E-state index contributed by atoms with van der Waals surface area (Å²) in [5.41, 5.74) is 5.60.